The molecule has 0 aromatic rings. The van der Waals surface area contributed by atoms with Gasteiger partial charge in [0.05, 0.1) is 0 Å². The molecular formula is C5H12N4. The van der Waals surface area contributed by atoms with Gasteiger partial charge in [-0.05, 0) is 13.0 Å². The number of hydrogen-bond donors (Lipinski definition) is 3. The Hall–Kier alpha value is -0.580. The molecule has 0 radical (unpaired) electrons. The van der Waals surface area contributed by atoms with E-state index in [1.165, 1.54) is 0 Å². The molecule has 1 unspecified atom stereocenters. The minimum absolute atomic E-state index is 0.408. The van der Waals surface area contributed by atoms with Crippen LogP contribution < -0.4 is 16.6 Å². The highest BCUT2D eigenvalue weighted by molar-refractivity contribution is 5.03. The van der Waals surface area contributed by atoms with Crippen molar-refractivity contribution in [2.45, 2.75) is 12.6 Å². The minimum atomic E-state index is -0.408. The molecule has 0 aromatic heterocycles. The number of rotatable bonds is 1. The van der Waals surface area contributed by atoms with Gasteiger partial charge in [-0.25, -0.2) is 5.43 Å². The van der Waals surface area contributed by atoms with Gasteiger partial charge in [0, 0.05) is 13.2 Å². The first-order valence-corrected chi connectivity index (χ1v) is 2.87. The van der Waals surface area contributed by atoms with Gasteiger partial charge in [-0.15, -0.1) is 5.12 Å². The third-order valence-electron chi connectivity index (χ3n) is 1.33. The van der Waals surface area contributed by atoms with E-state index >= 15 is 0 Å². The van der Waals surface area contributed by atoms with Crippen molar-refractivity contribution in [3.05, 3.63) is 12.3 Å². The van der Waals surface area contributed by atoms with Crippen LogP contribution in [0, 0.1) is 0 Å². The first kappa shape index (κ1) is 6.54. The van der Waals surface area contributed by atoms with Gasteiger partial charge in [0.15, 0.2) is 0 Å². The normalized spacial score (nSPS) is 35.0. The Labute approximate surface area is 54.6 Å². The zero-order chi connectivity index (χ0) is 6.91. The summed E-state index contributed by atoms with van der Waals surface area (Å²) in [5.74, 6) is 0. The van der Waals surface area contributed by atoms with Gasteiger partial charge in [0.1, 0.15) is 5.66 Å². The van der Waals surface area contributed by atoms with Crippen LogP contribution in [0.25, 0.3) is 0 Å². The second-order valence-corrected chi connectivity index (χ2v) is 2.25. The molecule has 1 atom stereocenters. The fraction of sp³-hybridized carbons (Fsp3) is 0.600. The lowest BCUT2D eigenvalue weighted by molar-refractivity contribution is 0.0752. The SMILES string of the molecule is CNN1NC=CC1(C)N. The molecule has 0 aromatic carbocycles. The smallest absolute Gasteiger partial charge is 0.120 e. The van der Waals surface area contributed by atoms with Crippen molar-refractivity contribution in [3.63, 3.8) is 0 Å². The van der Waals surface area contributed by atoms with Crippen molar-refractivity contribution in [2.75, 3.05) is 7.05 Å². The zero-order valence-corrected chi connectivity index (χ0v) is 5.68. The van der Waals surface area contributed by atoms with Crippen molar-refractivity contribution >= 4 is 0 Å². The predicted octanol–water partition coefficient (Wildman–Crippen LogP) is -0.870. The van der Waals surface area contributed by atoms with E-state index in [-0.39, 0.29) is 0 Å². The molecule has 9 heavy (non-hydrogen) atoms. The summed E-state index contributed by atoms with van der Waals surface area (Å²) in [6, 6.07) is 0. The predicted molar refractivity (Wildman–Crippen MR) is 35.8 cm³/mol. The molecule has 1 rings (SSSR count). The van der Waals surface area contributed by atoms with E-state index in [2.05, 4.69) is 10.9 Å². The Bertz CT molecular complexity index is 129. The number of hydrogen-bond acceptors (Lipinski definition) is 4. The molecule has 4 heteroatoms. The molecule has 1 aliphatic rings. The van der Waals surface area contributed by atoms with E-state index in [0.717, 1.165) is 0 Å². The molecule has 52 valence electrons. The molecule has 0 saturated heterocycles. The van der Waals surface area contributed by atoms with E-state index in [4.69, 9.17) is 5.73 Å². The summed E-state index contributed by atoms with van der Waals surface area (Å²) in [4.78, 5) is 0. The average Bonchev–Trinajstić information content (AvgIpc) is 2.08. The zero-order valence-electron chi connectivity index (χ0n) is 5.68. The lowest BCUT2D eigenvalue weighted by Crippen LogP contribution is -2.58. The van der Waals surface area contributed by atoms with Gasteiger partial charge in [-0.1, -0.05) is 0 Å². The Morgan fingerprint density at radius 3 is 2.67 bits per heavy atom. The Morgan fingerprint density at radius 2 is 2.44 bits per heavy atom. The van der Waals surface area contributed by atoms with Gasteiger partial charge >= 0.3 is 0 Å². The quantitative estimate of drug-likeness (QED) is 0.429. The lowest BCUT2D eigenvalue weighted by Gasteiger charge is -2.28. The van der Waals surface area contributed by atoms with Crippen molar-refractivity contribution in [3.8, 4) is 0 Å². The lowest BCUT2D eigenvalue weighted by atomic mass is 10.2. The molecule has 0 saturated carbocycles. The van der Waals surface area contributed by atoms with Crippen LogP contribution in [0.2, 0.25) is 0 Å². The summed E-state index contributed by atoms with van der Waals surface area (Å²) in [7, 11) is 1.81. The summed E-state index contributed by atoms with van der Waals surface area (Å²) in [6.45, 7) is 1.90. The number of nitrogens with zero attached hydrogens (tertiary/aromatic N) is 1. The van der Waals surface area contributed by atoms with Crippen molar-refractivity contribution in [1.82, 2.24) is 16.0 Å². The monoisotopic (exact) mass is 128 g/mol. The molecule has 0 spiro atoms. The minimum Gasteiger partial charge on any atom is -0.311 e. The summed E-state index contributed by atoms with van der Waals surface area (Å²) < 4.78 is 0. The molecule has 4 N–H and O–H groups in total. The molecular weight excluding hydrogens is 116 g/mol. The third-order valence-corrected chi connectivity index (χ3v) is 1.33. The van der Waals surface area contributed by atoms with Crippen LogP contribution in [0.1, 0.15) is 6.92 Å². The van der Waals surface area contributed by atoms with E-state index in [9.17, 15) is 0 Å². The van der Waals surface area contributed by atoms with Gasteiger partial charge in [0.2, 0.25) is 0 Å². The van der Waals surface area contributed by atoms with Crippen LogP contribution in [-0.2, 0) is 0 Å². The van der Waals surface area contributed by atoms with Crippen LogP contribution in [0.15, 0.2) is 12.3 Å². The summed E-state index contributed by atoms with van der Waals surface area (Å²) in [5, 5.41) is 1.72. The van der Waals surface area contributed by atoms with Crippen molar-refractivity contribution in [1.29, 1.82) is 0 Å². The van der Waals surface area contributed by atoms with Crippen LogP contribution >= 0.6 is 0 Å². The number of nitrogens with one attached hydrogen (secondary N) is 2. The van der Waals surface area contributed by atoms with E-state index < -0.39 is 5.66 Å². The van der Waals surface area contributed by atoms with E-state index in [1.54, 1.807) is 11.3 Å². The largest absolute Gasteiger partial charge is 0.311 e. The molecule has 0 amide bonds. The van der Waals surface area contributed by atoms with E-state index in [0.29, 0.717) is 0 Å². The van der Waals surface area contributed by atoms with Gasteiger partial charge in [-0.2, -0.15) is 0 Å². The fourth-order valence-electron chi connectivity index (χ4n) is 0.800. The Kier molecular flexibility index (Phi) is 1.44. The highest BCUT2D eigenvalue weighted by Crippen LogP contribution is 2.08. The third kappa shape index (κ3) is 1.05. The van der Waals surface area contributed by atoms with Gasteiger partial charge in [0.25, 0.3) is 0 Å². The first-order chi connectivity index (χ1) is 4.17. The maximum absolute atomic E-state index is 5.75. The highest BCUT2D eigenvalue weighted by Gasteiger charge is 2.26. The van der Waals surface area contributed by atoms with Crippen LogP contribution in [0.3, 0.4) is 0 Å². The van der Waals surface area contributed by atoms with Crippen LogP contribution in [-0.4, -0.2) is 17.8 Å². The molecule has 0 fully saturated rings. The van der Waals surface area contributed by atoms with Crippen molar-refractivity contribution < 1.29 is 0 Å². The maximum Gasteiger partial charge on any atom is 0.120 e. The molecule has 1 aliphatic heterocycles. The maximum atomic E-state index is 5.75. The van der Waals surface area contributed by atoms with Gasteiger partial charge in [-0.3, -0.25) is 0 Å². The Balaban J connectivity index is 2.60. The molecule has 1 heterocycles. The molecule has 4 nitrogen and oxygen atoms in total. The Morgan fingerprint density at radius 1 is 1.78 bits per heavy atom. The van der Waals surface area contributed by atoms with Crippen LogP contribution in [0.4, 0.5) is 0 Å². The second kappa shape index (κ2) is 1.98. The van der Waals surface area contributed by atoms with Crippen molar-refractivity contribution in [2.24, 2.45) is 5.73 Å². The molecule has 0 bridgehead atoms. The average molecular weight is 128 g/mol. The summed E-state index contributed by atoms with van der Waals surface area (Å²) in [6.07, 6.45) is 3.68. The van der Waals surface area contributed by atoms with E-state index in [1.807, 2.05) is 20.0 Å². The fourth-order valence-corrected chi connectivity index (χ4v) is 0.800. The second-order valence-electron chi connectivity index (χ2n) is 2.25. The first-order valence-electron chi connectivity index (χ1n) is 2.87. The topological polar surface area (TPSA) is 53.3 Å². The van der Waals surface area contributed by atoms with Gasteiger partial charge < -0.3 is 11.2 Å². The molecule has 0 aliphatic carbocycles. The number of nitrogens with two attached hydrogens (primary N) is 1. The summed E-state index contributed by atoms with van der Waals surface area (Å²) in [5.41, 5.74) is 11.1. The standard InChI is InChI=1S/C5H12N4/c1-5(6)3-4-8-9(5)7-2/h3-4,7-8H,6H2,1-2H3. The number of hydrazine groups is 2. The summed E-state index contributed by atoms with van der Waals surface area (Å²) >= 11 is 0. The van der Waals surface area contributed by atoms with Crippen LogP contribution in [0.5, 0.6) is 0 Å². The highest BCUT2D eigenvalue weighted by atomic mass is 15.8.